The summed E-state index contributed by atoms with van der Waals surface area (Å²) in [4.78, 5) is 29.6. The molecule has 1 aliphatic carbocycles. The number of aromatic nitrogens is 1. The Labute approximate surface area is 131 Å². The third kappa shape index (κ3) is 3.13. The highest BCUT2D eigenvalue weighted by molar-refractivity contribution is 8.00. The lowest BCUT2D eigenvalue weighted by Crippen LogP contribution is -2.45. The average Bonchev–Trinajstić information content (AvgIpc) is 3.04. The van der Waals surface area contributed by atoms with E-state index >= 15 is 0 Å². The Bertz CT molecular complexity index is 595. The number of hydrogen-bond acceptors (Lipinski definition) is 5. The minimum Gasteiger partial charge on any atom is -0.480 e. The van der Waals surface area contributed by atoms with Crippen molar-refractivity contribution in [3.05, 3.63) is 22.2 Å². The largest absolute Gasteiger partial charge is 0.480 e. The third-order valence-electron chi connectivity index (χ3n) is 3.63. The predicted molar refractivity (Wildman–Crippen MR) is 83.1 cm³/mol. The van der Waals surface area contributed by atoms with E-state index in [-0.39, 0.29) is 11.3 Å². The van der Waals surface area contributed by atoms with Crippen LogP contribution in [0, 0.1) is 12.8 Å². The van der Waals surface area contributed by atoms with Crippen LogP contribution in [0.15, 0.2) is 11.5 Å². The number of carboxylic acids is 1. The fourth-order valence-corrected chi connectivity index (χ4v) is 4.66. The summed E-state index contributed by atoms with van der Waals surface area (Å²) in [5, 5.41) is 12.1. The summed E-state index contributed by atoms with van der Waals surface area (Å²) in [6.07, 6.45) is 5.29. The number of aryl methyl sites for hydroxylation is 1. The molecule has 1 saturated heterocycles. The van der Waals surface area contributed by atoms with E-state index in [0.717, 1.165) is 23.5 Å². The van der Waals surface area contributed by atoms with Crippen LogP contribution in [0.5, 0.6) is 0 Å². The highest BCUT2D eigenvalue weighted by atomic mass is 32.2. The van der Waals surface area contributed by atoms with E-state index in [2.05, 4.69) is 4.98 Å². The Morgan fingerprint density at radius 1 is 1.48 bits per heavy atom. The number of amides is 1. The zero-order chi connectivity index (χ0) is 15.0. The number of hydrogen-bond donors (Lipinski definition) is 1. The van der Waals surface area contributed by atoms with Gasteiger partial charge >= 0.3 is 5.97 Å². The van der Waals surface area contributed by atoms with Crippen molar-refractivity contribution in [1.29, 1.82) is 0 Å². The zero-order valence-electron chi connectivity index (χ0n) is 11.6. The number of thioether (sulfide) groups is 1. The maximum Gasteiger partial charge on any atom is 0.327 e. The highest BCUT2D eigenvalue weighted by Gasteiger charge is 2.47. The van der Waals surface area contributed by atoms with Gasteiger partial charge in [0.1, 0.15) is 6.04 Å². The Hall–Kier alpha value is -1.34. The second kappa shape index (κ2) is 5.81. The van der Waals surface area contributed by atoms with Crippen LogP contribution >= 0.6 is 23.1 Å². The van der Waals surface area contributed by atoms with Crippen LogP contribution in [0.2, 0.25) is 0 Å². The summed E-state index contributed by atoms with van der Waals surface area (Å²) in [7, 11) is 0. The number of carbonyl (C=O) groups excluding carboxylic acids is 1. The van der Waals surface area contributed by atoms with Crippen LogP contribution in [0.1, 0.15) is 23.5 Å². The maximum atomic E-state index is 12.4. The summed E-state index contributed by atoms with van der Waals surface area (Å²) in [6, 6.07) is -0.713. The Kier molecular flexibility index (Phi) is 4.03. The topological polar surface area (TPSA) is 70.5 Å². The summed E-state index contributed by atoms with van der Waals surface area (Å²) in [5.74, 6) is -0.212. The molecule has 7 heteroatoms. The van der Waals surface area contributed by atoms with E-state index < -0.39 is 12.0 Å². The molecule has 0 aromatic carbocycles. The van der Waals surface area contributed by atoms with Crippen molar-refractivity contribution in [3.8, 4) is 0 Å². The van der Waals surface area contributed by atoms with Gasteiger partial charge in [0.25, 0.3) is 0 Å². The first-order valence-corrected chi connectivity index (χ1v) is 8.76. The van der Waals surface area contributed by atoms with Crippen molar-refractivity contribution in [3.63, 3.8) is 0 Å². The van der Waals surface area contributed by atoms with Crippen molar-refractivity contribution >= 4 is 41.1 Å². The van der Waals surface area contributed by atoms with Crippen molar-refractivity contribution in [2.75, 3.05) is 5.75 Å². The Balaban J connectivity index is 1.76. The number of carbonyl (C=O) groups is 2. The molecular formula is C14H16N2O3S2. The van der Waals surface area contributed by atoms with Crippen LogP contribution in [0.25, 0.3) is 6.08 Å². The van der Waals surface area contributed by atoms with E-state index in [4.69, 9.17) is 0 Å². The van der Waals surface area contributed by atoms with Gasteiger partial charge in [-0.05, 0) is 31.8 Å². The molecule has 112 valence electrons. The molecule has 5 nitrogen and oxygen atoms in total. The second-order valence-electron chi connectivity index (χ2n) is 5.29. The molecule has 1 saturated carbocycles. The predicted octanol–water partition coefficient (Wildman–Crippen LogP) is 2.23. The van der Waals surface area contributed by atoms with E-state index in [1.807, 2.05) is 12.3 Å². The maximum absolute atomic E-state index is 12.4. The van der Waals surface area contributed by atoms with Crippen molar-refractivity contribution in [2.45, 2.75) is 31.2 Å². The summed E-state index contributed by atoms with van der Waals surface area (Å²) >= 11 is 3.11. The van der Waals surface area contributed by atoms with Gasteiger partial charge in [-0.3, -0.25) is 4.79 Å². The van der Waals surface area contributed by atoms with Gasteiger partial charge in [-0.1, -0.05) is 0 Å². The third-order valence-corrected chi connectivity index (χ3v) is 5.89. The molecule has 2 heterocycles. The van der Waals surface area contributed by atoms with Gasteiger partial charge in [0, 0.05) is 17.2 Å². The molecule has 3 rings (SSSR count). The Morgan fingerprint density at radius 2 is 2.24 bits per heavy atom. The molecule has 1 aromatic rings. The normalized spacial score (nSPS) is 25.7. The highest BCUT2D eigenvalue weighted by Crippen LogP contribution is 2.45. The van der Waals surface area contributed by atoms with Crippen molar-refractivity contribution in [1.82, 2.24) is 9.88 Å². The van der Waals surface area contributed by atoms with Crippen molar-refractivity contribution < 1.29 is 14.7 Å². The Morgan fingerprint density at radius 3 is 2.81 bits per heavy atom. The van der Waals surface area contributed by atoms with Gasteiger partial charge in [-0.15, -0.1) is 23.1 Å². The smallest absolute Gasteiger partial charge is 0.327 e. The average molecular weight is 324 g/mol. The summed E-state index contributed by atoms with van der Waals surface area (Å²) in [5.41, 5.74) is 0.743. The molecule has 1 aliphatic heterocycles. The van der Waals surface area contributed by atoms with E-state index in [1.165, 1.54) is 17.4 Å². The number of aliphatic carboxylic acids is 1. The summed E-state index contributed by atoms with van der Waals surface area (Å²) in [6.45, 7) is 1.91. The molecule has 1 N–H and O–H groups in total. The SMILES string of the molecule is Cc1nc(C=CC(=O)N2C(C(=O)O)CSC2C2CC2)cs1. The van der Waals surface area contributed by atoms with Crippen LogP contribution < -0.4 is 0 Å². The lowest BCUT2D eigenvalue weighted by molar-refractivity contribution is -0.147. The molecule has 2 fully saturated rings. The van der Waals surface area contributed by atoms with Crippen LogP contribution in [0.4, 0.5) is 0 Å². The molecule has 21 heavy (non-hydrogen) atoms. The molecular weight excluding hydrogens is 308 g/mol. The first-order valence-electron chi connectivity index (χ1n) is 6.83. The molecule has 0 spiro atoms. The monoisotopic (exact) mass is 324 g/mol. The quantitative estimate of drug-likeness (QED) is 0.860. The lowest BCUT2D eigenvalue weighted by atomic mass is 10.2. The van der Waals surface area contributed by atoms with Gasteiger partial charge in [0.15, 0.2) is 0 Å². The molecule has 2 atom stereocenters. The summed E-state index contributed by atoms with van der Waals surface area (Å²) < 4.78 is 0. The molecule has 2 unspecified atom stereocenters. The number of carboxylic acid groups (broad SMARTS) is 1. The molecule has 1 amide bonds. The minimum absolute atomic E-state index is 0.0143. The van der Waals surface area contributed by atoms with Gasteiger partial charge in [-0.25, -0.2) is 9.78 Å². The van der Waals surface area contributed by atoms with Crippen LogP contribution in [-0.2, 0) is 9.59 Å². The van der Waals surface area contributed by atoms with Gasteiger partial charge in [-0.2, -0.15) is 0 Å². The molecule has 0 bridgehead atoms. The minimum atomic E-state index is -0.920. The second-order valence-corrected chi connectivity index (χ2v) is 7.50. The molecule has 0 radical (unpaired) electrons. The van der Waals surface area contributed by atoms with E-state index in [1.54, 1.807) is 22.7 Å². The number of thiazole rings is 1. The standard InChI is InChI=1S/C14H16N2O3S2/c1-8-15-10(6-20-8)4-5-12(17)16-11(14(18)19)7-21-13(16)9-2-3-9/h4-6,9,11,13H,2-3,7H2,1H3,(H,18,19). The molecule has 1 aromatic heterocycles. The first-order chi connectivity index (χ1) is 10.1. The fourth-order valence-electron chi connectivity index (χ4n) is 2.44. The lowest BCUT2D eigenvalue weighted by Gasteiger charge is -2.26. The van der Waals surface area contributed by atoms with Gasteiger partial charge in [0.2, 0.25) is 5.91 Å². The molecule has 2 aliphatic rings. The fraction of sp³-hybridized carbons (Fsp3) is 0.500. The number of rotatable bonds is 4. The van der Waals surface area contributed by atoms with E-state index in [0.29, 0.717) is 11.7 Å². The van der Waals surface area contributed by atoms with Gasteiger partial charge < -0.3 is 10.0 Å². The van der Waals surface area contributed by atoms with Crippen LogP contribution in [0.3, 0.4) is 0 Å². The number of nitrogens with zero attached hydrogens (tertiary/aromatic N) is 2. The van der Waals surface area contributed by atoms with Crippen molar-refractivity contribution in [2.24, 2.45) is 5.92 Å². The van der Waals surface area contributed by atoms with E-state index in [9.17, 15) is 14.7 Å². The first kappa shape index (κ1) is 14.6. The van der Waals surface area contributed by atoms with Crippen LogP contribution in [-0.4, -0.2) is 44.0 Å². The zero-order valence-corrected chi connectivity index (χ0v) is 13.2. The van der Waals surface area contributed by atoms with Gasteiger partial charge in [0.05, 0.1) is 16.1 Å².